The number of piperidine rings is 1. The lowest BCUT2D eigenvalue weighted by Gasteiger charge is -2.35. The summed E-state index contributed by atoms with van der Waals surface area (Å²) in [6, 6.07) is 0. The van der Waals surface area contributed by atoms with Gasteiger partial charge in [0.1, 0.15) is 5.69 Å². The van der Waals surface area contributed by atoms with E-state index in [9.17, 15) is 10.1 Å². The predicted octanol–water partition coefficient (Wildman–Crippen LogP) is 2.83. The van der Waals surface area contributed by atoms with Crippen molar-refractivity contribution in [1.82, 2.24) is 9.97 Å². The van der Waals surface area contributed by atoms with Gasteiger partial charge in [0.15, 0.2) is 0 Å². The third-order valence-electron chi connectivity index (χ3n) is 3.36. The summed E-state index contributed by atoms with van der Waals surface area (Å²) >= 11 is 5.85. The van der Waals surface area contributed by atoms with Crippen molar-refractivity contribution in [3.05, 3.63) is 21.1 Å². The van der Waals surface area contributed by atoms with E-state index < -0.39 is 4.92 Å². The fraction of sp³-hybridized carbons (Fsp3) is 0.667. The zero-order chi connectivity index (χ0) is 14.2. The average molecular weight is 285 g/mol. The Morgan fingerprint density at radius 3 is 2.42 bits per heavy atom. The molecule has 2 unspecified atom stereocenters. The van der Waals surface area contributed by atoms with E-state index >= 15 is 0 Å². The van der Waals surface area contributed by atoms with Crippen molar-refractivity contribution < 1.29 is 4.92 Å². The summed E-state index contributed by atoms with van der Waals surface area (Å²) in [5.41, 5.74) is 0.275. The van der Waals surface area contributed by atoms with Crippen LogP contribution in [-0.2, 0) is 0 Å². The van der Waals surface area contributed by atoms with E-state index in [0.717, 1.165) is 19.5 Å². The Bertz CT molecular complexity index is 499. The number of rotatable bonds is 2. The zero-order valence-electron chi connectivity index (χ0n) is 11.3. The van der Waals surface area contributed by atoms with Crippen molar-refractivity contribution in [2.24, 2.45) is 11.8 Å². The van der Waals surface area contributed by atoms with Crippen molar-refractivity contribution in [2.75, 3.05) is 18.0 Å². The molecule has 0 N–H and O–H groups in total. The monoisotopic (exact) mass is 284 g/mol. The van der Waals surface area contributed by atoms with Crippen LogP contribution in [0.15, 0.2) is 0 Å². The molecule has 1 aliphatic heterocycles. The van der Waals surface area contributed by atoms with Gasteiger partial charge in [-0.1, -0.05) is 13.8 Å². The Morgan fingerprint density at radius 1 is 1.32 bits per heavy atom. The van der Waals surface area contributed by atoms with E-state index in [1.165, 1.54) is 0 Å². The summed E-state index contributed by atoms with van der Waals surface area (Å²) in [6.07, 6.45) is 1.13. The molecular weight excluding hydrogens is 268 g/mol. The van der Waals surface area contributed by atoms with Crippen LogP contribution < -0.4 is 4.90 Å². The van der Waals surface area contributed by atoms with E-state index in [-0.39, 0.29) is 11.0 Å². The Labute approximate surface area is 117 Å². The Kier molecular flexibility index (Phi) is 3.89. The highest BCUT2D eigenvalue weighted by Crippen LogP contribution is 2.33. The Morgan fingerprint density at radius 2 is 1.89 bits per heavy atom. The van der Waals surface area contributed by atoms with Gasteiger partial charge >= 0.3 is 5.69 Å². The molecule has 0 saturated carbocycles. The topological polar surface area (TPSA) is 72.2 Å². The molecule has 6 nitrogen and oxygen atoms in total. The van der Waals surface area contributed by atoms with Gasteiger partial charge in [-0.05, 0) is 36.8 Å². The van der Waals surface area contributed by atoms with Crippen LogP contribution in [0, 0.1) is 28.9 Å². The second-order valence-corrected chi connectivity index (χ2v) is 5.70. The summed E-state index contributed by atoms with van der Waals surface area (Å²) in [4.78, 5) is 20.7. The van der Waals surface area contributed by atoms with Crippen LogP contribution in [0.25, 0.3) is 0 Å². The number of aromatic nitrogens is 2. The number of halogens is 1. The molecule has 1 aromatic heterocycles. The van der Waals surface area contributed by atoms with Crippen LogP contribution in [-0.4, -0.2) is 28.0 Å². The molecule has 7 heteroatoms. The largest absolute Gasteiger partial charge is 0.350 e. The van der Waals surface area contributed by atoms with Crippen molar-refractivity contribution in [1.29, 1.82) is 0 Å². The highest BCUT2D eigenvalue weighted by Gasteiger charge is 2.30. The number of hydrogen-bond acceptors (Lipinski definition) is 5. The van der Waals surface area contributed by atoms with Crippen molar-refractivity contribution >= 4 is 23.1 Å². The highest BCUT2D eigenvalue weighted by molar-refractivity contribution is 6.28. The van der Waals surface area contributed by atoms with Gasteiger partial charge in [0.2, 0.25) is 11.1 Å². The van der Waals surface area contributed by atoms with Gasteiger partial charge in [0.05, 0.1) is 4.92 Å². The third kappa shape index (κ3) is 2.94. The third-order valence-corrected chi connectivity index (χ3v) is 3.53. The average Bonchev–Trinajstić information content (AvgIpc) is 2.25. The highest BCUT2D eigenvalue weighted by atomic mass is 35.5. The van der Waals surface area contributed by atoms with Crippen LogP contribution in [0.4, 0.5) is 11.5 Å². The molecule has 0 radical (unpaired) electrons. The molecule has 19 heavy (non-hydrogen) atoms. The van der Waals surface area contributed by atoms with Crippen LogP contribution in [0.3, 0.4) is 0 Å². The maximum Gasteiger partial charge on any atom is 0.332 e. The first-order chi connectivity index (χ1) is 8.88. The lowest BCUT2D eigenvalue weighted by molar-refractivity contribution is -0.385. The molecular formula is C12H17ClN4O2. The van der Waals surface area contributed by atoms with Gasteiger partial charge in [0.25, 0.3) is 0 Å². The van der Waals surface area contributed by atoms with E-state index in [1.54, 1.807) is 6.92 Å². The maximum atomic E-state index is 11.2. The Balaban J connectivity index is 2.45. The van der Waals surface area contributed by atoms with Gasteiger partial charge < -0.3 is 4.90 Å². The molecule has 0 bridgehead atoms. The molecule has 0 spiro atoms. The van der Waals surface area contributed by atoms with Gasteiger partial charge in [-0.2, -0.15) is 4.98 Å². The standard InChI is InChI=1S/C12H17ClN4O2/c1-7-4-8(2)6-16(5-7)11-10(17(18)19)9(3)14-12(13)15-11/h7-8H,4-6H2,1-3H3. The zero-order valence-corrected chi connectivity index (χ0v) is 12.0. The van der Waals surface area contributed by atoms with Crippen molar-refractivity contribution in [3.63, 3.8) is 0 Å². The summed E-state index contributed by atoms with van der Waals surface area (Å²) < 4.78 is 0. The fourth-order valence-electron chi connectivity index (χ4n) is 2.79. The van der Waals surface area contributed by atoms with Crippen LogP contribution >= 0.6 is 11.6 Å². The molecule has 1 saturated heterocycles. The van der Waals surface area contributed by atoms with Gasteiger partial charge in [0, 0.05) is 13.1 Å². The van der Waals surface area contributed by atoms with Crippen molar-refractivity contribution in [3.8, 4) is 0 Å². The maximum absolute atomic E-state index is 11.2. The summed E-state index contributed by atoms with van der Waals surface area (Å²) in [5.74, 6) is 1.32. The van der Waals surface area contributed by atoms with Crippen molar-refractivity contribution in [2.45, 2.75) is 27.2 Å². The minimum atomic E-state index is -0.426. The molecule has 2 atom stereocenters. The number of nitrogens with zero attached hydrogens (tertiary/aromatic N) is 4. The second-order valence-electron chi connectivity index (χ2n) is 5.36. The normalized spacial score (nSPS) is 23.5. The van der Waals surface area contributed by atoms with E-state index in [0.29, 0.717) is 23.3 Å². The molecule has 0 amide bonds. The van der Waals surface area contributed by atoms with E-state index in [4.69, 9.17) is 11.6 Å². The summed E-state index contributed by atoms with van der Waals surface area (Å²) in [7, 11) is 0. The first-order valence-electron chi connectivity index (χ1n) is 6.32. The van der Waals surface area contributed by atoms with Crippen LogP contribution in [0.5, 0.6) is 0 Å². The number of aryl methyl sites for hydroxylation is 1. The van der Waals surface area contributed by atoms with Crippen LogP contribution in [0.2, 0.25) is 5.28 Å². The quantitative estimate of drug-likeness (QED) is 0.474. The minimum absolute atomic E-state index is 0.0364. The lowest BCUT2D eigenvalue weighted by Crippen LogP contribution is -2.39. The van der Waals surface area contributed by atoms with Gasteiger partial charge in [-0.15, -0.1) is 0 Å². The predicted molar refractivity (Wildman–Crippen MR) is 73.6 cm³/mol. The molecule has 2 rings (SSSR count). The number of anilines is 1. The minimum Gasteiger partial charge on any atom is -0.350 e. The van der Waals surface area contributed by atoms with Gasteiger partial charge in [-0.25, -0.2) is 4.98 Å². The fourth-order valence-corrected chi connectivity index (χ4v) is 3.00. The molecule has 0 aromatic carbocycles. The smallest absolute Gasteiger partial charge is 0.332 e. The van der Waals surface area contributed by atoms with Crippen LogP contribution in [0.1, 0.15) is 26.0 Å². The first kappa shape index (κ1) is 14.0. The van der Waals surface area contributed by atoms with E-state index in [2.05, 4.69) is 23.8 Å². The lowest BCUT2D eigenvalue weighted by atomic mass is 9.92. The first-order valence-corrected chi connectivity index (χ1v) is 6.69. The molecule has 104 valence electrons. The molecule has 1 aliphatic rings. The number of hydrogen-bond donors (Lipinski definition) is 0. The SMILES string of the molecule is Cc1nc(Cl)nc(N2CC(C)CC(C)C2)c1[N+](=O)[O-]. The summed E-state index contributed by atoms with van der Waals surface area (Å²) in [5, 5.41) is 11.3. The Hall–Kier alpha value is -1.43. The molecule has 2 heterocycles. The number of nitro groups is 1. The molecule has 1 fully saturated rings. The summed E-state index contributed by atoms with van der Waals surface area (Å²) in [6.45, 7) is 7.40. The molecule has 1 aromatic rings. The second kappa shape index (κ2) is 5.28. The van der Waals surface area contributed by atoms with E-state index in [1.807, 2.05) is 4.90 Å². The van der Waals surface area contributed by atoms with Gasteiger partial charge in [-0.3, -0.25) is 10.1 Å². The molecule has 0 aliphatic carbocycles.